The van der Waals surface area contributed by atoms with Crippen molar-refractivity contribution in [3.8, 4) is 11.6 Å². The summed E-state index contributed by atoms with van der Waals surface area (Å²) in [5.74, 6) is -1.51. The molecule has 2 aromatic carbocycles. The predicted molar refractivity (Wildman–Crippen MR) is 180 cm³/mol. The number of aromatic nitrogens is 4. The van der Waals surface area contributed by atoms with Crippen molar-refractivity contribution >= 4 is 23.4 Å². The molecule has 254 valence electrons. The molecular formula is C35H43N7O6. The van der Waals surface area contributed by atoms with Crippen LogP contribution in [0, 0.1) is 6.92 Å². The fourth-order valence-electron chi connectivity index (χ4n) is 6.01. The first-order valence-electron chi connectivity index (χ1n) is 16.4. The van der Waals surface area contributed by atoms with E-state index in [1.165, 1.54) is 0 Å². The van der Waals surface area contributed by atoms with Crippen molar-refractivity contribution in [3.63, 3.8) is 0 Å². The SMILES string of the molecule is CCCCN(CCCC)C(=O)c1cc(C)n(-c2ccc(NC(=O)Cc3[nH]c(=O)[nH]c3O)cc2C(=O)N2Cc3ccccc3C[C@H]2CO)n1. The lowest BCUT2D eigenvalue weighted by atomic mass is 9.93. The van der Waals surface area contributed by atoms with Gasteiger partial charge in [0, 0.05) is 31.0 Å². The van der Waals surface area contributed by atoms with Crippen molar-refractivity contribution in [1.29, 1.82) is 0 Å². The first-order chi connectivity index (χ1) is 23.1. The molecule has 13 heteroatoms. The molecule has 2 aromatic heterocycles. The fraction of sp³-hybridized carbons (Fsp3) is 0.400. The highest BCUT2D eigenvalue weighted by Gasteiger charge is 2.32. The van der Waals surface area contributed by atoms with E-state index in [-0.39, 0.29) is 48.3 Å². The van der Waals surface area contributed by atoms with Crippen LogP contribution in [0.25, 0.3) is 5.69 Å². The summed E-state index contributed by atoms with van der Waals surface area (Å²) >= 11 is 0. The van der Waals surface area contributed by atoms with Gasteiger partial charge in [-0.3, -0.25) is 19.4 Å². The number of amides is 3. The third-order valence-corrected chi connectivity index (χ3v) is 8.64. The van der Waals surface area contributed by atoms with Gasteiger partial charge in [-0.2, -0.15) is 5.10 Å². The molecule has 0 unspecified atom stereocenters. The Morgan fingerprint density at radius 3 is 2.38 bits per heavy atom. The van der Waals surface area contributed by atoms with Crippen LogP contribution in [0.3, 0.4) is 0 Å². The Morgan fingerprint density at radius 2 is 1.73 bits per heavy atom. The molecular weight excluding hydrogens is 614 g/mol. The zero-order chi connectivity index (χ0) is 34.4. The number of aromatic amines is 2. The number of benzene rings is 2. The molecule has 3 heterocycles. The summed E-state index contributed by atoms with van der Waals surface area (Å²) in [7, 11) is 0. The minimum absolute atomic E-state index is 0.0273. The van der Waals surface area contributed by atoms with Crippen molar-refractivity contribution in [3.05, 3.63) is 92.8 Å². The molecule has 3 amide bonds. The number of carbonyl (C=O) groups is 3. The van der Waals surface area contributed by atoms with Crippen LogP contribution in [0.4, 0.5) is 5.69 Å². The molecule has 4 aromatic rings. The topological polar surface area (TPSA) is 177 Å². The van der Waals surface area contributed by atoms with E-state index in [0.717, 1.165) is 36.8 Å². The number of imidazole rings is 1. The number of unbranched alkanes of at least 4 members (excludes halogenated alkanes) is 2. The Kier molecular flexibility index (Phi) is 10.8. The van der Waals surface area contributed by atoms with E-state index in [9.17, 15) is 29.4 Å². The van der Waals surface area contributed by atoms with Gasteiger partial charge in [-0.15, -0.1) is 0 Å². The Balaban J connectivity index is 1.52. The van der Waals surface area contributed by atoms with Gasteiger partial charge in [-0.05, 0) is 61.6 Å². The standard InChI is InChI=1S/C35H43N7O6/c1-4-6-14-40(15-7-5-2)34(47)29-16-22(3)42(39-29)30-13-12-25(36-31(44)19-28-32(45)38-35(48)37-28)18-27(30)33(46)41-20-24-11-9-8-10-23(24)17-26(41)21-43/h8-13,16,18,26,43,45H,4-7,14-15,17,19-21H2,1-3H3,(H,36,44)(H2,37,38,48)/t26-/m0/s1. The summed E-state index contributed by atoms with van der Waals surface area (Å²) in [5, 5.41) is 27.7. The van der Waals surface area contributed by atoms with Crippen molar-refractivity contribution in [1.82, 2.24) is 29.5 Å². The van der Waals surface area contributed by atoms with Gasteiger partial charge in [-0.1, -0.05) is 51.0 Å². The largest absolute Gasteiger partial charge is 0.493 e. The quantitative estimate of drug-likeness (QED) is 0.146. The average molecular weight is 658 g/mol. The maximum absolute atomic E-state index is 14.5. The number of nitrogens with zero attached hydrogens (tertiary/aromatic N) is 4. The zero-order valence-corrected chi connectivity index (χ0v) is 27.6. The Hall–Kier alpha value is -5.17. The van der Waals surface area contributed by atoms with Gasteiger partial charge in [0.1, 0.15) is 0 Å². The number of aliphatic hydroxyl groups is 1. The number of aliphatic hydroxyl groups excluding tert-OH is 1. The molecule has 5 N–H and O–H groups in total. The number of aromatic hydroxyl groups is 1. The van der Waals surface area contributed by atoms with Crippen LogP contribution >= 0.6 is 0 Å². The van der Waals surface area contributed by atoms with Crippen LogP contribution < -0.4 is 11.0 Å². The molecule has 5 rings (SSSR count). The summed E-state index contributed by atoms with van der Waals surface area (Å²) in [4.78, 5) is 60.5. The number of aryl methyl sites for hydroxylation is 1. The summed E-state index contributed by atoms with van der Waals surface area (Å²) in [6.45, 7) is 7.28. The number of hydrogen-bond donors (Lipinski definition) is 5. The maximum atomic E-state index is 14.5. The Morgan fingerprint density at radius 1 is 1.02 bits per heavy atom. The minimum Gasteiger partial charge on any atom is -0.493 e. The molecule has 0 saturated heterocycles. The number of fused-ring (bicyclic) bond motifs is 1. The van der Waals surface area contributed by atoms with E-state index in [1.807, 2.05) is 36.1 Å². The summed E-state index contributed by atoms with van der Waals surface area (Å²) in [5.41, 5.74) is 3.27. The Labute approximate surface area is 278 Å². The summed E-state index contributed by atoms with van der Waals surface area (Å²) in [6.07, 6.45) is 3.84. The molecule has 0 saturated carbocycles. The van der Waals surface area contributed by atoms with Crippen molar-refractivity contribution in [2.24, 2.45) is 0 Å². The number of carbonyl (C=O) groups excluding carboxylic acids is 3. The van der Waals surface area contributed by atoms with E-state index in [4.69, 9.17) is 5.10 Å². The van der Waals surface area contributed by atoms with Gasteiger partial charge in [0.2, 0.25) is 11.8 Å². The first kappa shape index (κ1) is 34.2. The monoisotopic (exact) mass is 657 g/mol. The van der Waals surface area contributed by atoms with Crippen LogP contribution in [0.1, 0.15) is 82.9 Å². The van der Waals surface area contributed by atoms with Crippen LogP contribution in [0.2, 0.25) is 0 Å². The normalized spacial score (nSPS) is 14.1. The molecule has 0 spiro atoms. The van der Waals surface area contributed by atoms with Gasteiger partial charge < -0.3 is 30.3 Å². The van der Waals surface area contributed by atoms with Crippen molar-refractivity contribution < 1.29 is 24.6 Å². The second-order valence-electron chi connectivity index (χ2n) is 12.2. The highest BCUT2D eigenvalue weighted by molar-refractivity contribution is 6.01. The number of rotatable bonds is 13. The summed E-state index contributed by atoms with van der Waals surface area (Å²) in [6, 6.07) is 13.9. The summed E-state index contributed by atoms with van der Waals surface area (Å²) < 4.78 is 1.57. The zero-order valence-electron chi connectivity index (χ0n) is 27.6. The first-order valence-corrected chi connectivity index (χ1v) is 16.4. The third-order valence-electron chi connectivity index (χ3n) is 8.64. The van der Waals surface area contributed by atoms with Crippen LogP contribution in [0.15, 0.2) is 53.3 Å². The molecule has 48 heavy (non-hydrogen) atoms. The number of anilines is 1. The van der Waals surface area contributed by atoms with Gasteiger partial charge in [-0.25, -0.2) is 9.48 Å². The number of hydrogen-bond acceptors (Lipinski definition) is 7. The lowest BCUT2D eigenvalue weighted by molar-refractivity contribution is -0.115. The van der Waals surface area contributed by atoms with E-state index in [2.05, 4.69) is 29.1 Å². The third kappa shape index (κ3) is 7.52. The van der Waals surface area contributed by atoms with Gasteiger partial charge >= 0.3 is 5.69 Å². The molecule has 1 atom stereocenters. The molecule has 0 radical (unpaired) electrons. The molecule has 1 aliphatic heterocycles. The van der Waals surface area contributed by atoms with Gasteiger partial charge in [0.15, 0.2) is 5.69 Å². The van der Waals surface area contributed by atoms with E-state index in [0.29, 0.717) is 36.6 Å². The smallest absolute Gasteiger partial charge is 0.325 e. The second kappa shape index (κ2) is 15.2. The van der Waals surface area contributed by atoms with Crippen molar-refractivity contribution in [2.45, 2.75) is 71.9 Å². The van der Waals surface area contributed by atoms with Crippen LogP contribution in [-0.4, -0.2) is 83.2 Å². The molecule has 13 nitrogen and oxygen atoms in total. The fourth-order valence-corrected chi connectivity index (χ4v) is 6.01. The van der Waals surface area contributed by atoms with E-state index >= 15 is 0 Å². The number of nitrogens with one attached hydrogen (secondary N) is 3. The highest BCUT2D eigenvalue weighted by atomic mass is 16.3. The van der Waals surface area contributed by atoms with Crippen molar-refractivity contribution in [2.75, 3.05) is 25.0 Å². The molecule has 0 fully saturated rings. The average Bonchev–Trinajstić information content (AvgIpc) is 3.62. The maximum Gasteiger partial charge on any atom is 0.325 e. The lowest BCUT2D eigenvalue weighted by Gasteiger charge is -2.36. The molecule has 1 aliphatic rings. The second-order valence-corrected chi connectivity index (χ2v) is 12.2. The predicted octanol–water partition coefficient (Wildman–Crippen LogP) is 3.69. The minimum atomic E-state index is -0.639. The highest BCUT2D eigenvalue weighted by Crippen LogP contribution is 2.29. The number of H-pyrrole nitrogens is 2. The van der Waals surface area contributed by atoms with E-state index < -0.39 is 23.5 Å². The van der Waals surface area contributed by atoms with Gasteiger partial charge in [0.25, 0.3) is 11.8 Å². The molecule has 0 aliphatic carbocycles. The van der Waals surface area contributed by atoms with E-state index in [1.54, 1.807) is 33.8 Å². The molecule has 0 bridgehead atoms. The Bertz CT molecular complexity index is 1830. The van der Waals surface area contributed by atoms with Crippen LogP contribution in [0.5, 0.6) is 5.88 Å². The van der Waals surface area contributed by atoms with Gasteiger partial charge in [0.05, 0.1) is 36.0 Å². The lowest BCUT2D eigenvalue weighted by Crippen LogP contribution is -2.46. The van der Waals surface area contributed by atoms with Crippen LogP contribution in [-0.2, 0) is 24.2 Å².